The fourth-order valence-electron chi connectivity index (χ4n) is 2.56. The van der Waals surface area contributed by atoms with Gasteiger partial charge in [0.1, 0.15) is 13.2 Å². The van der Waals surface area contributed by atoms with Crippen molar-refractivity contribution in [3.8, 4) is 23.0 Å². The predicted octanol–water partition coefficient (Wildman–Crippen LogP) is 3.39. The zero-order chi connectivity index (χ0) is 19.5. The molecule has 3 aromatic rings. The Morgan fingerprint density at radius 2 is 1.93 bits per heavy atom. The number of Topliss-reactive ketones (excluding diaryl/α,β-unsaturated/α-hetero) is 1. The van der Waals surface area contributed by atoms with Crippen LogP contribution in [0, 0.1) is 10.1 Å². The predicted molar refractivity (Wildman–Crippen MR) is 98.9 cm³/mol. The monoisotopic (exact) mass is 399 g/mol. The number of non-ortho nitro benzene ring substituents is 1. The summed E-state index contributed by atoms with van der Waals surface area (Å²) < 4.78 is 16.4. The van der Waals surface area contributed by atoms with Gasteiger partial charge in [-0.15, -0.1) is 10.2 Å². The number of hydrogen-bond acceptors (Lipinski definition) is 9. The Kier molecular flexibility index (Phi) is 4.94. The molecule has 0 saturated carbocycles. The van der Waals surface area contributed by atoms with Gasteiger partial charge in [-0.2, -0.15) is 0 Å². The third kappa shape index (κ3) is 3.81. The van der Waals surface area contributed by atoms with Gasteiger partial charge in [0.25, 0.3) is 10.9 Å². The number of hydrogen-bond donors (Lipinski definition) is 0. The van der Waals surface area contributed by atoms with Crippen molar-refractivity contribution in [1.82, 2.24) is 10.2 Å². The van der Waals surface area contributed by atoms with Crippen molar-refractivity contribution in [2.24, 2.45) is 0 Å². The second-order valence-electron chi connectivity index (χ2n) is 5.75. The lowest BCUT2D eigenvalue weighted by molar-refractivity contribution is -0.384. The molecule has 10 heteroatoms. The van der Waals surface area contributed by atoms with Gasteiger partial charge in [0.05, 0.1) is 10.7 Å². The Bertz CT molecular complexity index is 1050. The van der Waals surface area contributed by atoms with E-state index in [-0.39, 0.29) is 28.3 Å². The topological polar surface area (TPSA) is 118 Å². The first-order chi connectivity index (χ1) is 13.6. The number of nitro benzene ring substituents is 1. The highest BCUT2D eigenvalue weighted by molar-refractivity contribution is 7.99. The molecule has 0 saturated heterocycles. The number of thioether (sulfide) groups is 1. The molecule has 2 aromatic carbocycles. The Morgan fingerprint density at radius 1 is 1.11 bits per heavy atom. The van der Waals surface area contributed by atoms with E-state index in [1.807, 2.05) is 0 Å². The number of nitro groups is 1. The third-order valence-electron chi connectivity index (χ3n) is 3.90. The molecule has 0 aliphatic carbocycles. The highest BCUT2D eigenvalue weighted by Gasteiger charge is 2.17. The quantitative estimate of drug-likeness (QED) is 0.266. The number of ether oxygens (including phenoxy) is 2. The molecule has 1 aromatic heterocycles. The smallest absolute Gasteiger partial charge is 0.277 e. The molecule has 0 N–H and O–H groups in total. The Hall–Kier alpha value is -3.40. The van der Waals surface area contributed by atoms with Gasteiger partial charge in [-0.05, 0) is 24.3 Å². The summed E-state index contributed by atoms with van der Waals surface area (Å²) in [6.45, 7) is 0.933. The van der Waals surface area contributed by atoms with Gasteiger partial charge in [-0.1, -0.05) is 17.8 Å². The van der Waals surface area contributed by atoms with Crippen molar-refractivity contribution < 1.29 is 23.6 Å². The molecule has 0 bridgehead atoms. The van der Waals surface area contributed by atoms with E-state index in [9.17, 15) is 14.9 Å². The molecule has 0 spiro atoms. The van der Waals surface area contributed by atoms with Gasteiger partial charge in [0.2, 0.25) is 5.89 Å². The minimum atomic E-state index is -0.498. The van der Waals surface area contributed by atoms with Crippen molar-refractivity contribution in [1.29, 1.82) is 0 Å². The average Bonchev–Trinajstić information content (AvgIpc) is 3.21. The van der Waals surface area contributed by atoms with Gasteiger partial charge >= 0.3 is 0 Å². The summed E-state index contributed by atoms with van der Waals surface area (Å²) in [4.78, 5) is 22.8. The first kappa shape index (κ1) is 18.0. The largest absolute Gasteiger partial charge is 0.486 e. The first-order valence-corrected chi connectivity index (χ1v) is 9.23. The molecule has 28 heavy (non-hydrogen) atoms. The summed E-state index contributed by atoms with van der Waals surface area (Å²) in [6, 6.07) is 10.9. The minimum Gasteiger partial charge on any atom is -0.486 e. The standard InChI is InChI=1S/C18H13N3O6S/c22-14(11-4-5-15-16(9-11)26-7-6-25-15)10-28-18-20-19-17(27-18)12-2-1-3-13(8-12)21(23)24/h1-5,8-9H,6-7,10H2. The molecule has 0 amide bonds. The highest BCUT2D eigenvalue weighted by atomic mass is 32.2. The fourth-order valence-corrected chi connectivity index (χ4v) is 3.22. The fraction of sp³-hybridized carbons (Fsp3) is 0.167. The van der Waals surface area contributed by atoms with Crippen LogP contribution in [0.15, 0.2) is 52.1 Å². The SMILES string of the molecule is O=C(CSc1nnc(-c2cccc([N+](=O)[O-])c2)o1)c1ccc2c(c1)OCCO2. The molecule has 0 atom stereocenters. The lowest BCUT2D eigenvalue weighted by Crippen LogP contribution is -2.16. The highest BCUT2D eigenvalue weighted by Crippen LogP contribution is 2.32. The van der Waals surface area contributed by atoms with Crippen molar-refractivity contribution in [3.05, 3.63) is 58.1 Å². The zero-order valence-electron chi connectivity index (χ0n) is 14.4. The van der Waals surface area contributed by atoms with E-state index >= 15 is 0 Å². The van der Waals surface area contributed by atoms with Crippen LogP contribution in [-0.4, -0.2) is 39.9 Å². The van der Waals surface area contributed by atoms with Crippen LogP contribution in [0.2, 0.25) is 0 Å². The summed E-state index contributed by atoms with van der Waals surface area (Å²) in [6.07, 6.45) is 0. The van der Waals surface area contributed by atoms with Crippen LogP contribution in [-0.2, 0) is 0 Å². The minimum absolute atomic E-state index is 0.0707. The number of ketones is 1. The second kappa shape index (κ2) is 7.69. The van der Waals surface area contributed by atoms with Crippen LogP contribution in [0.25, 0.3) is 11.5 Å². The molecule has 1 aliphatic rings. The molecular formula is C18H13N3O6S. The maximum absolute atomic E-state index is 12.4. The molecule has 0 radical (unpaired) electrons. The van der Waals surface area contributed by atoms with E-state index < -0.39 is 4.92 Å². The van der Waals surface area contributed by atoms with Crippen LogP contribution < -0.4 is 9.47 Å². The van der Waals surface area contributed by atoms with Crippen molar-refractivity contribution in [3.63, 3.8) is 0 Å². The molecule has 1 aliphatic heterocycles. The van der Waals surface area contributed by atoms with E-state index in [2.05, 4.69) is 10.2 Å². The van der Waals surface area contributed by atoms with Crippen molar-refractivity contribution in [2.75, 3.05) is 19.0 Å². The van der Waals surface area contributed by atoms with E-state index in [4.69, 9.17) is 13.9 Å². The molecule has 9 nitrogen and oxygen atoms in total. The second-order valence-corrected chi connectivity index (χ2v) is 6.68. The molecular weight excluding hydrogens is 386 g/mol. The summed E-state index contributed by atoms with van der Waals surface area (Å²) in [5.41, 5.74) is 0.862. The van der Waals surface area contributed by atoms with E-state index in [0.29, 0.717) is 35.8 Å². The molecule has 0 fully saturated rings. The Morgan fingerprint density at radius 3 is 2.75 bits per heavy atom. The van der Waals surface area contributed by atoms with Crippen molar-refractivity contribution >= 4 is 23.2 Å². The number of benzene rings is 2. The molecule has 2 heterocycles. The van der Waals surface area contributed by atoms with Crippen molar-refractivity contribution in [2.45, 2.75) is 5.22 Å². The molecule has 142 valence electrons. The van der Waals surface area contributed by atoms with Crippen LogP contribution in [0.5, 0.6) is 11.5 Å². The molecule has 0 unspecified atom stereocenters. The number of nitrogens with zero attached hydrogens (tertiary/aromatic N) is 3. The number of fused-ring (bicyclic) bond motifs is 1. The number of aromatic nitrogens is 2. The Balaban J connectivity index is 1.42. The van der Waals surface area contributed by atoms with Crippen LogP contribution in [0.3, 0.4) is 0 Å². The van der Waals surface area contributed by atoms with Crippen LogP contribution >= 0.6 is 11.8 Å². The van der Waals surface area contributed by atoms with Crippen LogP contribution in [0.1, 0.15) is 10.4 Å². The van der Waals surface area contributed by atoms with E-state index in [1.165, 1.54) is 18.2 Å². The Labute approximate surface area is 162 Å². The lowest BCUT2D eigenvalue weighted by atomic mass is 10.1. The van der Waals surface area contributed by atoms with E-state index in [0.717, 1.165) is 11.8 Å². The number of carbonyl (C=O) groups excluding carboxylic acids is 1. The third-order valence-corrected chi connectivity index (χ3v) is 4.72. The van der Waals surface area contributed by atoms with Gasteiger partial charge in [-0.25, -0.2) is 0 Å². The molecule has 4 rings (SSSR count). The summed E-state index contributed by atoms with van der Waals surface area (Å²) in [5, 5.41) is 18.8. The number of carbonyl (C=O) groups is 1. The summed E-state index contributed by atoms with van der Waals surface area (Å²) >= 11 is 1.09. The number of rotatable bonds is 6. The first-order valence-electron chi connectivity index (χ1n) is 8.24. The van der Waals surface area contributed by atoms with Gasteiger partial charge in [0, 0.05) is 23.3 Å². The van der Waals surface area contributed by atoms with Gasteiger partial charge in [-0.3, -0.25) is 14.9 Å². The average molecular weight is 399 g/mol. The maximum atomic E-state index is 12.4. The zero-order valence-corrected chi connectivity index (χ0v) is 15.2. The van der Waals surface area contributed by atoms with E-state index in [1.54, 1.807) is 24.3 Å². The summed E-state index contributed by atoms with van der Waals surface area (Å²) in [7, 11) is 0. The lowest BCUT2D eigenvalue weighted by Gasteiger charge is -2.18. The maximum Gasteiger partial charge on any atom is 0.277 e. The normalized spacial score (nSPS) is 12.6. The summed E-state index contributed by atoms with van der Waals surface area (Å²) in [5.74, 6) is 1.28. The van der Waals surface area contributed by atoms with Gasteiger partial charge in [0.15, 0.2) is 17.3 Å². The van der Waals surface area contributed by atoms with Crippen LogP contribution in [0.4, 0.5) is 5.69 Å². The van der Waals surface area contributed by atoms with Gasteiger partial charge < -0.3 is 13.9 Å².